The standard InChI is InChI=1S/C16H23N3O/c1-4-14(17-5-2)13-8-6-7-9-15(13)20-12-16-18-10-11-19(16)3/h6-11,14,17H,4-5,12H2,1-3H3. The van der Waals surface area contributed by atoms with E-state index in [1.54, 1.807) is 6.20 Å². The van der Waals surface area contributed by atoms with Gasteiger partial charge in [0, 0.05) is 31.0 Å². The van der Waals surface area contributed by atoms with E-state index >= 15 is 0 Å². The first kappa shape index (κ1) is 14.6. The first-order valence-electron chi connectivity index (χ1n) is 7.17. The normalized spacial score (nSPS) is 12.3. The number of nitrogens with zero attached hydrogens (tertiary/aromatic N) is 2. The third-order valence-corrected chi connectivity index (χ3v) is 3.43. The van der Waals surface area contributed by atoms with Crippen LogP contribution in [0, 0.1) is 0 Å². The van der Waals surface area contributed by atoms with Crippen molar-refractivity contribution in [2.24, 2.45) is 7.05 Å². The van der Waals surface area contributed by atoms with E-state index in [2.05, 4.69) is 36.3 Å². The number of rotatable bonds is 7. The fraction of sp³-hybridized carbons (Fsp3) is 0.438. The van der Waals surface area contributed by atoms with Gasteiger partial charge in [-0.2, -0.15) is 0 Å². The third kappa shape index (κ3) is 3.39. The summed E-state index contributed by atoms with van der Waals surface area (Å²) < 4.78 is 7.94. The molecule has 1 aromatic heterocycles. The lowest BCUT2D eigenvalue weighted by Gasteiger charge is -2.20. The van der Waals surface area contributed by atoms with Crippen molar-refractivity contribution in [2.45, 2.75) is 32.9 Å². The van der Waals surface area contributed by atoms with Crippen molar-refractivity contribution in [3.63, 3.8) is 0 Å². The minimum atomic E-state index is 0.331. The topological polar surface area (TPSA) is 39.1 Å². The fourth-order valence-corrected chi connectivity index (χ4v) is 2.30. The van der Waals surface area contributed by atoms with Crippen molar-refractivity contribution in [3.8, 4) is 5.75 Å². The van der Waals surface area contributed by atoms with Crippen LogP contribution in [0.1, 0.15) is 37.7 Å². The maximum atomic E-state index is 5.97. The van der Waals surface area contributed by atoms with Crippen LogP contribution in [-0.4, -0.2) is 16.1 Å². The molecule has 0 amide bonds. The highest BCUT2D eigenvalue weighted by Crippen LogP contribution is 2.27. The van der Waals surface area contributed by atoms with Gasteiger partial charge >= 0.3 is 0 Å². The molecule has 1 atom stereocenters. The smallest absolute Gasteiger partial charge is 0.146 e. The Balaban J connectivity index is 2.13. The van der Waals surface area contributed by atoms with Crippen LogP contribution < -0.4 is 10.1 Å². The van der Waals surface area contributed by atoms with Crippen LogP contribution in [0.15, 0.2) is 36.7 Å². The Morgan fingerprint density at radius 3 is 2.75 bits per heavy atom. The van der Waals surface area contributed by atoms with Gasteiger partial charge in [-0.05, 0) is 19.0 Å². The maximum absolute atomic E-state index is 5.97. The van der Waals surface area contributed by atoms with Gasteiger partial charge in [-0.3, -0.25) is 0 Å². The Hall–Kier alpha value is -1.81. The summed E-state index contributed by atoms with van der Waals surface area (Å²) in [4.78, 5) is 4.28. The van der Waals surface area contributed by atoms with Crippen LogP contribution in [0.3, 0.4) is 0 Å². The van der Waals surface area contributed by atoms with Gasteiger partial charge in [-0.25, -0.2) is 4.98 Å². The number of ether oxygens (including phenoxy) is 1. The van der Waals surface area contributed by atoms with Gasteiger partial charge in [0.05, 0.1) is 0 Å². The minimum Gasteiger partial charge on any atom is -0.485 e. The van der Waals surface area contributed by atoms with Gasteiger partial charge < -0.3 is 14.6 Å². The number of hydrogen-bond acceptors (Lipinski definition) is 3. The summed E-state index contributed by atoms with van der Waals surface area (Å²) in [7, 11) is 1.98. The zero-order chi connectivity index (χ0) is 14.4. The Bertz CT molecular complexity index is 536. The molecule has 0 radical (unpaired) electrons. The van der Waals surface area contributed by atoms with Crippen LogP contribution >= 0.6 is 0 Å². The second-order valence-corrected chi connectivity index (χ2v) is 4.80. The predicted octanol–water partition coefficient (Wildman–Crippen LogP) is 3.06. The largest absolute Gasteiger partial charge is 0.485 e. The second kappa shape index (κ2) is 7.10. The highest BCUT2D eigenvalue weighted by atomic mass is 16.5. The summed E-state index contributed by atoms with van der Waals surface area (Å²) >= 11 is 0. The second-order valence-electron chi connectivity index (χ2n) is 4.80. The number of benzene rings is 1. The molecule has 1 heterocycles. The van der Waals surface area contributed by atoms with E-state index in [1.165, 1.54) is 5.56 Å². The molecule has 0 aliphatic heterocycles. The molecule has 1 unspecified atom stereocenters. The first-order valence-corrected chi connectivity index (χ1v) is 7.17. The zero-order valence-electron chi connectivity index (χ0n) is 12.5. The minimum absolute atomic E-state index is 0.331. The molecule has 2 rings (SSSR count). The van der Waals surface area contributed by atoms with Gasteiger partial charge in [0.1, 0.15) is 18.2 Å². The third-order valence-electron chi connectivity index (χ3n) is 3.43. The van der Waals surface area contributed by atoms with Crippen LogP contribution in [0.5, 0.6) is 5.75 Å². The lowest BCUT2D eigenvalue weighted by atomic mass is 10.0. The van der Waals surface area contributed by atoms with Gasteiger partial charge in [-0.15, -0.1) is 0 Å². The van der Waals surface area contributed by atoms with Crippen molar-refractivity contribution in [1.29, 1.82) is 0 Å². The van der Waals surface area contributed by atoms with Crippen LogP contribution in [0.25, 0.3) is 0 Å². The summed E-state index contributed by atoms with van der Waals surface area (Å²) in [6.07, 6.45) is 4.76. The quantitative estimate of drug-likeness (QED) is 0.842. The number of para-hydroxylation sites is 1. The Morgan fingerprint density at radius 2 is 2.10 bits per heavy atom. The molecular formula is C16H23N3O. The van der Waals surface area contributed by atoms with E-state index < -0.39 is 0 Å². The molecule has 0 fully saturated rings. The highest BCUT2D eigenvalue weighted by Gasteiger charge is 2.13. The molecule has 4 nitrogen and oxygen atoms in total. The van der Waals surface area contributed by atoms with Gasteiger partial charge in [0.2, 0.25) is 0 Å². The average molecular weight is 273 g/mol. The molecule has 0 aliphatic rings. The molecule has 108 valence electrons. The Labute approximate surface area is 120 Å². The van der Waals surface area contributed by atoms with Crippen molar-refractivity contribution >= 4 is 0 Å². The van der Waals surface area contributed by atoms with Crippen molar-refractivity contribution in [3.05, 3.63) is 48.0 Å². The lowest BCUT2D eigenvalue weighted by molar-refractivity contribution is 0.285. The summed E-state index contributed by atoms with van der Waals surface area (Å²) in [6, 6.07) is 8.56. The summed E-state index contributed by atoms with van der Waals surface area (Å²) in [6.45, 7) is 5.75. The van der Waals surface area contributed by atoms with Crippen molar-refractivity contribution in [1.82, 2.24) is 14.9 Å². The van der Waals surface area contributed by atoms with Crippen LogP contribution in [0.2, 0.25) is 0 Å². The van der Waals surface area contributed by atoms with Gasteiger partial charge in [0.25, 0.3) is 0 Å². The fourth-order valence-electron chi connectivity index (χ4n) is 2.30. The average Bonchev–Trinajstić information content (AvgIpc) is 2.88. The molecule has 0 bridgehead atoms. The molecule has 2 aromatic rings. The molecular weight excluding hydrogens is 250 g/mol. The van der Waals surface area contributed by atoms with Crippen molar-refractivity contribution < 1.29 is 4.74 Å². The van der Waals surface area contributed by atoms with E-state index in [0.29, 0.717) is 12.6 Å². The van der Waals surface area contributed by atoms with Crippen LogP contribution in [-0.2, 0) is 13.7 Å². The SMILES string of the molecule is CCNC(CC)c1ccccc1OCc1nccn1C. The monoisotopic (exact) mass is 273 g/mol. The Kier molecular flexibility index (Phi) is 5.18. The van der Waals surface area contributed by atoms with E-state index in [1.807, 2.05) is 29.9 Å². The predicted molar refractivity (Wildman–Crippen MR) is 80.7 cm³/mol. The number of imidazole rings is 1. The Morgan fingerprint density at radius 1 is 1.30 bits per heavy atom. The molecule has 0 saturated heterocycles. The van der Waals surface area contributed by atoms with Gasteiger partial charge in [0.15, 0.2) is 0 Å². The number of aryl methyl sites for hydroxylation is 1. The molecule has 0 saturated carbocycles. The molecule has 1 aromatic carbocycles. The van der Waals surface area contributed by atoms with Crippen molar-refractivity contribution in [2.75, 3.05) is 6.54 Å². The van der Waals surface area contributed by atoms with Gasteiger partial charge in [-0.1, -0.05) is 32.0 Å². The lowest BCUT2D eigenvalue weighted by Crippen LogP contribution is -2.20. The van der Waals surface area contributed by atoms with E-state index in [0.717, 1.165) is 24.5 Å². The number of nitrogens with one attached hydrogen (secondary N) is 1. The first-order chi connectivity index (χ1) is 9.76. The molecule has 4 heteroatoms. The highest BCUT2D eigenvalue weighted by molar-refractivity contribution is 5.36. The maximum Gasteiger partial charge on any atom is 0.146 e. The number of aromatic nitrogens is 2. The van der Waals surface area contributed by atoms with E-state index in [9.17, 15) is 0 Å². The molecule has 0 spiro atoms. The zero-order valence-corrected chi connectivity index (χ0v) is 12.5. The molecule has 1 N–H and O–H groups in total. The molecule has 20 heavy (non-hydrogen) atoms. The van der Waals surface area contributed by atoms with E-state index in [-0.39, 0.29) is 0 Å². The summed E-state index contributed by atoms with van der Waals surface area (Å²) in [5.41, 5.74) is 1.21. The van der Waals surface area contributed by atoms with Crippen LogP contribution in [0.4, 0.5) is 0 Å². The van der Waals surface area contributed by atoms with E-state index in [4.69, 9.17) is 4.74 Å². The number of hydrogen-bond donors (Lipinski definition) is 1. The summed E-state index contributed by atoms with van der Waals surface area (Å²) in [5, 5.41) is 3.49. The molecule has 0 aliphatic carbocycles. The summed E-state index contributed by atoms with van der Waals surface area (Å²) in [5.74, 6) is 1.86.